The first-order valence-corrected chi connectivity index (χ1v) is 7.25. The minimum absolute atomic E-state index is 0.138. The van der Waals surface area contributed by atoms with E-state index in [0.717, 1.165) is 30.5 Å². The second kappa shape index (κ2) is 6.91. The number of aliphatic hydroxyl groups is 1. The summed E-state index contributed by atoms with van der Waals surface area (Å²) in [5.74, 6) is 0.946. The topological polar surface area (TPSA) is 32.3 Å². The first kappa shape index (κ1) is 13.6. The van der Waals surface area contributed by atoms with Crippen LogP contribution in [0.1, 0.15) is 43.7 Å². The van der Waals surface area contributed by atoms with Crippen LogP contribution in [0.5, 0.6) is 0 Å². The molecule has 1 aromatic carbocycles. The molecular formula is C16H25NO. The van der Waals surface area contributed by atoms with E-state index in [1.54, 1.807) is 0 Å². The Morgan fingerprint density at radius 3 is 2.44 bits per heavy atom. The average molecular weight is 247 g/mol. The van der Waals surface area contributed by atoms with Gasteiger partial charge in [0.1, 0.15) is 0 Å². The van der Waals surface area contributed by atoms with Crippen molar-refractivity contribution in [1.82, 2.24) is 5.32 Å². The lowest BCUT2D eigenvalue weighted by atomic mass is 10.1. The van der Waals surface area contributed by atoms with Crippen molar-refractivity contribution in [3.63, 3.8) is 0 Å². The van der Waals surface area contributed by atoms with Gasteiger partial charge in [-0.05, 0) is 49.3 Å². The van der Waals surface area contributed by atoms with E-state index in [-0.39, 0.29) is 6.61 Å². The van der Waals surface area contributed by atoms with Crippen LogP contribution in [0, 0.1) is 5.92 Å². The highest BCUT2D eigenvalue weighted by molar-refractivity contribution is 5.22. The van der Waals surface area contributed by atoms with E-state index in [2.05, 4.69) is 24.4 Å². The quantitative estimate of drug-likeness (QED) is 0.740. The molecule has 1 saturated carbocycles. The van der Waals surface area contributed by atoms with Gasteiger partial charge in [-0.2, -0.15) is 0 Å². The number of nitrogens with one attached hydrogen (secondary N) is 1. The van der Waals surface area contributed by atoms with Gasteiger partial charge >= 0.3 is 0 Å². The number of rotatable bonds is 8. The molecular weight excluding hydrogens is 222 g/mol. The van der Waals surface area contributed by atoms with Crippen molar-refractivity contribution in [2.75, 3.05) is 6.54 Å². The molecule has 0 saturated heterocycles. The Bertz CT molecular complexity index is 343. The van der Waals surface area contributed by atoms with Crippen LogP contribution < -0.4 is 5.32 Å². The summed E-state index contributed by atoms with van der Waals surface area (Å²) in [5, 5.41) is 12.7. The van der Waals surface area contributed by atoms with Crippen molar-refractivity contribution < 1.29 is 5.11 Å². The van der Waals surface area contributed by atoms with Crippen molar-refractivity contribution in [3.05, 3.63) is 35.4 Å². The molecule has 1 aliphatic rings. The van der Waals surface area contributed by atoms with Gasteiger partial charge in [0.2, 0.25) is 0 Å². The van der Waals surface area contributed by atoms with Crippen LogP contribution in [-0.4, -0.2) is 17.7 Å². The third kappa shape index (κ3) is 4.11. The van der Waals surface area contributed by atoms with E-state index in [1.807, 2.05) is 12.1 Å². The lowest BCUT2D eigenvalue weighted by Gasteiger charge is -2.17. The van der Waals surface area contributed by atoms with Gasteiger partial charge < -0.3 is 10.4 Å². The van der Waals surface area contributed by atoms with Crippen molar-refractivity contribution in [2.24, 2.45) is 5.92 Å². The Kier molecular flexibility index (Phi) is 5.21. The Hall–Kier alpha value is -0.860. The smallest absolute Gasteiger partial charge is 0.0681 e. The lowest BCUT2D eigenvalue weighted by molar-refractivity contribution is 0.282. The molecule has 0 spiro atoms. The van der Waals surface area contributed by atoms with Crippen molar-refractivity contribution >= 4 is 0 Å². The van der Waals surface area contributed by atoms with Gasteiger partial charge in [0.05, 0.1) is 6.61 Å². The fraction of sp³-hybridized carbons (Fsp3) is 0.625. The van der Waals surface area contributed by atoms with Gasteiger partial charge in [-0.1, -0.05) is 37.6 Å². The van der Waals surface area contributed by atoms with E-state index in [1.165, 1.54) is 31.2 Å². The highest BCUT2D eigenvalue weighted by Gasteiger charge is 2.29. The van der Waals surface area contributed by atoms with Gasteiger partial charge in [0.25, 0.3) is 0 Å². The van der Waals surface area contributed by atoms with Crippen LogP contribution in [-0.2, 0) is 13.0 Å². The summed E-state index contributed by atoms with van der Waals surface area (Å²) >= 11 is 0. The third-order valence-corrected chi connectivity index (χ3v) is 3.82. The molecule has 0 amide bonds. The van der Waals surface area contributed by atoms with Gasteiger partial charge in [-0.15, -0.1) is 0 Å². The maximum absolute atomic E-state index is 8.99. The van der Waals surface area contributed by atoms with Gasteiger partial charge in [-0.25, -0.2) is 0 Å². The fourth-order valence-electron chi connectivity index (χ4n) is 2.53. The van der Waals surface area contributed by atoms with Crippen molar-refractivity contribution in [3.8, 4) is 0 Å². The second-order valence-electron chi connectivity index (χ2n) is 5.41. The summed E-state index contributed by atoms with van der Waals surface area (Å²) in [5.41, 5.74) is 2.35. The number of hydrogen-bond acceptors (Lipinski definition) is 2. The van der Waals surface area contributed by atoms with Gasteiger partial charge in [0.15, 0.2) is 0 Å². The molecule has 0 radical (unpaired) electrons. The Morgan fingerprint density at radius 2 is 1.89 bits per heavy atom. The zero-order valence-corrected chi connectivity index (χ0v) is 11.4. The first-order valence-electron chi connectivity index (χ1n) is 7.25. The number of aliphatic hydroxyl groups excluding tert-OH is 1. The largest absolute Gasteiger partial charge is 0.392 e. The SMILES string of the molecule is CCCC(NCCc1ccc(CO)cc1)C1CC1. The molecule has 0 aliphatic heterocycles. The Labute approximate surface area is 110 Å². The zero-order chi connectivity index (χ0) is 12.8. The molecule has 1 atom stereocenters. The maximum atomic E-state index is 8.99. The first-order chi connectivity index (χ1) is 8.83. The molecule has 100 valence electrons. The Balaban J connectivity index is 1.72. The fourth-order valence-corrected chi connectivity index (χ4v) is 2.53. The molecule has 0 bridgehead atoms. The van der Waals surface area contributed by atoms with Gasteiger partial charge in [-0.3, -0.25) is 0 Å². The molecule has 1 aliphatic carbocycles. The highest BCUT2D eigenvalue weighted by atomic mass is 16.3. The minimum Gasteiger partial charge on any atom is -0.392 e. The zero-order valence-electron chi connectivity index (χ0n) is 11.4. The van der Waals surface area contributed by atoms with Crippen LogP contribution in [0.15, 0.2) is 24.3 Å². The number of benzene rings is 1. The van der Waals surface area contributed by atoms with Crippen LogP contribution in [0.25, 0.3) is 0 Å². The van der Waals surface area contributed by atoms with Crippen LogP contribution in [0.3, 0.4) is 0 Å². The minimum atomic E-state index is 0.138. The van der Waals surface area contributed by atoms with Crippen molar-refractivity contribution in [2.45, 2.75) is 51.7 Å². The van der Waals surface area contributed by atoms with Crippen molar-refractivity contribution in [1.29, 1.82) is 0 Å². The molecule has 2 heteroatoms. The summed E-state index contributed by atoms with van der Waals surface area (Å²) in [6.45, 7) is 3.48. The summed E-state index contributed by atoms with van der Waals surface area (Å²) in [6, 6.07) is 9.02. The van der Waals surface area contributed by atoms with Crippen LogP contribution in [0.4, 0.5) is 0 Å². The molecule has 0 aromatic heterocycles. The molecule has 2 rings (SSSR count). The van der Waals surface area contributed by atoms with E-state index in [0.29, 0.717) is 0 Å². The number of hydrogen-bond donors (Lipinski definition) is 2. The van der Waals surface area contributed by atoms with E-state index in [4.69, 9.17) is 5.11 Å². The summed E-state index contributed by atoms with van der Waals surface area (Å²) in [4.78, 5) is 0. The van der Waals surface area contributed by atoms with E-state index >= 15 is 0 Å². The summed E-state index contributed by atoms with van der Waals surface area (Å²) in [7, 11) is 0. The molecule has 2 N–H and O–H groups in total. The second-order valence-corrected chi connectivity index (χ2v) is 5.41. The molecule has 2 nitrogen and oxygen atoms in total. The lowest BCUT2D eigenvalue weighted by Crippen LogP contribution is -2.32. The molecule has 18 heavy (non-hydrogen) atoms. The standard InChI is InChI=1S/C16H25NO/c1-2-3-16(15-8-9-15)17-11-10-13-4-6-14(12-18)7-5-13/h4-7,15-18H,2-3,8-12H2,1H3. The molecule has 1 aromatic rings. The predicted molar refractivity (Wildman–Crippen MR) is 75.5 cm³/mol. The normalized spacial score (nSPS) is 16.8. The monoisotopic (exact) mass is 247 g/mol. The third-order valence-electron chi connectivity index (χ3n) is 3.82. The van der Waals surface area contributed by atoms with Crippen LogP contribution in [0.2, 0.25) is 0 Å². The Morgan fingerprint density at radius 1 is 1.22 bits per heavy atom. The maximum Gasteiger partial charge on any atom is 0.0681 e. The summed E-state index contributed by atoms with van der Waals surface area (Å²) in [6.07, 6.45) is 6.51. The molecule has 1 unspecified atom stereocenters. The molecule has 1 fully saturated rings. The highest BCUT2D eigenvalue weighted by Crippen LogP contribution is 2.34. The van der Waals surface area contributed by atoms with E-state index in [9.17, 15) is 0 Å². The van der Waals surface area contributed by atoms with E-state index < -0.39 is 0 Å². The van der Waals surface area contributed by atoms with Crippen LogP contribution >= 0.6 is 0 Å². The summed E-state index contributed by atoms with van der Waals surface area (Å²) < 4.78 is 0. The average Bonchev–Trinajstić information content (AvgIpc) is 3.23. The van der Waals surface area contributed by atoms with Gasteiger partial charge in [0, 0.05) is 6.04 Å². The molecule has 0 heterocycles. The predicted octanol–water partition coefficient (Wildman–Crippen LogP) is 2.89.